The van der Waals surface area contributed by atoms with Crippen LogP contribution in [0, 0.1) is 0 Å². The molecule has 4 nitrogen and oxygen atoms in total. The Bertz CT molecular complexity index is 794. The molecule has 0 aliphatic carbocycles. The minimum absolute atomic E-state index is 0.206. The molecule has 0 saturated heterocycles. The van der Waals surface area contributed by atoms with E-state index >= 15 is 0 Å². The number of nitrogens with zero attached hydrogens (tertiary/aromatic N) is 2. The lowest BCUT2D eigenvalue weighted by atomic mass is 10.1. The van der Waals surface area contributed by atoms with Gasteiger partial charge in [-0.1, -0.05) is 42.5 Å². The fraction of sp³-hybridized carbons (Fsp3) is 0. The summed E-state index contributed by atoms with van der Waals surface area (Å²) < 4.78 is 1.33. The molecule has 3 aromatic rings. The van der Waals surface area contributed by atoms with Crippen LogP contribution in [0.3, 0.4) is 0 Å². The molecule has 0 spiro atoms. The molecule has 0 atom stereocenters. The molecule has 2 N–H and O–H groups in total. The van der Waals surface area contributed by atoms with Crippen LogP contribution in [0.25, 0.3) is 16.9 Å². The van der Waals surface area contributed by atoms with Gasteiger partial charge in [-0.3, -0.25) is 4.79 Å². The monoisotopic (exact) mass is 263 g/mol. The fourth-order valence-corrected chi connectivity index (χ4v) is 2.03. The molecule has 0 aliphatic rings. The number of rotatable bonds is 2. The van der Waals surface area contributed by atoms with E-state index in [0.717, 1.165) is 11.3 Å². The molecule has 0 amide bonds. The predicted molar refractivity (Wildman–Crippen MR) is 79.7 cm³/mol. The van der Waals surface area contributed by atoms with Gasteiger partial charge in [-0.25, -0.2) is 0 Å². The first-order valence-electron chi connectivity index (χ1n) is 6.26. The average Bonchev–Trinajstić information content (AvgIpc) is 2.49. The molecular formula is C16H13N3O. The number of nitrogens with two attached hydrogens (primary N) is 1. The van der Waals surface area contributed by atoms with E-state index in [2.05, 4.69) is 5.10 Å². The van der Waals surface area contributed by atoms with Crippen LogP contribution in [0.1, 0.15) is 0 Å². The van der Waals surface area contributed by atoms with Gasteiger partial charge in [0.25, 0.3) is 5.56 Å². The number of anilines is 1. The SMILES string of the molecule is Nc1ccccc1-n1nc(-c2ccccc2)ccc1=O. The van der Waals surface area contributed by atoms with Crippen molar-refractivity contribution < 1.29 is 0 Å². The third-order valence-electron chi connectivity index (χ3n) is 3.03. The lowest BCUT2D eigenvalue weighted by Crippen LogP contribution is -2.21. The van der Waals surface area contributed by atoms with Gasteiger partial charge >= 0.3 is 0 Å². The van der Waals surface area contributed by atoms with Crippen LogP contribution in [0.4, 0.5) is 5.69 Å². The lowest BCUT2D eigenvalue weighted by Gasteiger charge is -2.09. The third-order valence-corrected chi connectivity index (χ3v) is 3.03. The van der Waals surface area contributed by atoms with E-state index in [1.54, 1.807) is 18.2 Å². The fourth-order valence-electron chi connectivity index (χ4n) is 2.03. The van der Waals surface area contributed by atoms with E-state index in [0.29, 0.717) is 11.4 Å². The summed E-state index contributed by atoms with van der Waals surface area (Å²) >= 11 is 0. The highest BCUT2D eigenvalue weighted by Gasteiger charge is 2.07. The molecule has 0 bridgehead atoms. The molecule has 2 aromatic carbocycles. The van der Waals surface area contributed by atoms with Crippen molar-refractivity contribution in [3.63, 3.8) is 0 Å². The number of hydrogen-bond acceptors (Lipinski definition) is 3. The van der Waals surface area contributed by atoms with Crippen LogP contribution in [-0.2, 0) is 0 Å². The second kappa shape index (κ2) is 5.01. The summed E-state index contributed by atoms with van der Waals surface area (Å²) in [5.74, 6) is 0. The van der Waals surface area contributed by atoms with Crippen molar-refractivity contribution in [2.24, 2.45) is 0 Å². The zero-order valence-corrected chi connectivity index (χ0v) is 10.7. The van der Waals surface area contributed by atoms with Gasteiger partial charge in [-0.05, 0) is 18.2 Å². The van der Waals surface area contributed by atoms with Crippen molar-refractivity contribution in [2.75, 3.05) is 5.73 Å². The van der Waals surface area contributed by atoms with Gasteiger partial charge in [0.05, 0.1) is 17.1 Å². The highest BCUT2D eigenvalue weighted by atomic mass is 16.1. The molecular weight excluding hydrogens is 250 g/mol. The number of benzene rings is 2. The number of aromatic nitrogens is 2. The van der Waals surface area contributed by atoms with Crippen molar-refractivity contribution in [2.45, 2.75) is 0 Å². The normalized spacial score (nSPS) is 10.4. The maximum Gasteiger partial charge on any atom is 0.271 e. The molecule has 98 valence electrons. The maximum atomic E-state index is 12.0. The van der Waals surface area contributed by atoms with Crippen molar-refractivity contribution in [1.82, 2.24) is 9.78 Å². The molecule has 0 aliphatic heterocycles. The van der Waals surface area contributed by atoms with Gasteiger partial charge in [-0.2, -0.15) is 9.78 Å². The van der Waals surface area contributed by atoms with Gasteiger partial charge < -0.3 is 5.73 Å². The molecule has 20 heavy (non-hydrogen) atoms. The first kappa shape index (κ1) is 12.2. The first-order chi connectivity index (χ1) is 9.75. The van der Waals surface area contributed by atoms with Gasteiger partial charge in [0.2, 0.25) is 0 Å². The molecule has 0 fully saturated rings. The lowest BCUT2D eigenvalue weighted by molar-refractivity contribution is 0.814. The van der Waals surface area contributed by atoms with Crippen molar-refractivity contribution >= 4 is 5.69 Å². The predicted octanol–water partition coefficient (Wildman–Crippen LogP) is 2.48. The Morgan fingerprint density at radius 1 is 0.850 bits per heavy atom. The van der Waals surface area contributed by atoms with Crippen LogP contribution in [0.5, 0.6) is 0 Å². The van der Waals surface area contributed by atoms with Gasteiger partial charge in [0.1, 0.15) is 0 Å². The van der Waals surface area contributed by atoms with Crippen LogP contribution >= 0.6 is 0 Å². The Morgan fingerprint density at radius 2 is 1.55 bits per heavy atom. The Hall–Kier alpha value is -2.88. The summed E-state index contributed by atoms with van der Waals surface area (Å²) in [4.78, 5) is 12.0. The van der Waals surface area contributed by atoms with E-state index in [9.17, 15) is 4.79 Å². The van der Waals surface area contributed by atoms with Crippen LogP contribution < -0.4 is 11.3 Å². The Labute approximate surface area is 116 Å². The van der Waals surface area contributed by atoms with E-state index in [-0.39, 0.29) is 5.56 Å². The van der Waals surface area contributed by atoms with Gasteiger partial charge in [-0.15, -0.1) is 0 Å². The highest BCUT2D eigenvalue weighted by molar-refractivity contribution is 5.60. The Balaban J connectivity index is 2.18. The van der Waals surface area contributed by atoms with Crippen molar-refractivity contribution in [1.29, 1.82) is 0 Å². The summed E-state index contributed by atoms with van der Waals surface area (Å²) in [6, 6.07) is 20.1. The zero-order chi connectivity index (χ0) is 13.9. The molecule has 0 unspecified atom stereocenters. The minimum atomic E-state index is -0.206. The second-order valence-corrected chi connectivity index (χ2v) is 4.39. The average molecular weight is 263 g/mol. The Kier molecular flexibility index (Phi) is 3.05. The summed E-state index contributed by atoms with van der Waals surface area (Å²) in [6.07, 6.45) is 0. The maximum absolute atomic E-state index is 12.0. The van der Waals surface area contributed by atoms with Crippen LogP contribution in [0.2, 0.25) is 0 Å². The number of nitrogen functional groups attached to an aromatic ring is 1. The summed E-state index contributed by atoms with van der Waals surface area (Å²) in [5, 5.41) is 4.40. The zero-order valence-electron chi connectivity index (χ0n) is 10.7. The van der Waals surface area contributed by atoms with Crippen molar-refractivity contribution in [3.05, 3.63) is 77.1 Å². The molecule has 0 radical (unpaired) electrons. The molecule has 3 rings (SSSR count). The number of para-hydroxylation sites is 2. The molecule has 1 heterocycles. The highest BCUT2D eigenvalue weighted by Crippen LogP contribution is 2.17. The minimum Gasteiger partial charge on any atom is -0.397 e. The van der Waals surface area contributed by atoms with E-state index < -0.39 is 0 Å². The quantitative estimate of drug-likeness (QED) is 0.722. The van der Waals surface area contributed by atoms with E-state index in [1.165, 1.54) is 10.7 Å². The van der Waals surface area contributed by atoms with Gasteiger partial charge in [0, 0.05) is 11.6 Å². The molecule has 1 aromatic heterocycles. The smallest absolute Gasteiger partial charge is 0.271 e. The standard InChI is InChI=1S/C16H13N3O/c17-13-8-4-5-9-15(13)19-16(20)11-10-14(18-19)12-6-2-1-3-7-12/h1-11H,17H2. The summed E-state index contributed by atoms with van der Waals surface area (Å²) in [7, 11) is 0. The largest absolute Gasteiger partial charge is 0.397 e. The molecule has 4 heteroatoms. The van der Waals surface area contributed by atoms with Crippen molar-refractivity contribution in [3.8, 4) is 16.9 Å². The summed E-state index contributed by atoms with van der Waals surface area (Å²) in [5.41, 5.74) is 8.50. The van der Waals surface area contributed by atoms with Crippen LogP contribution in [-0.4, -0.2) is 9.78 Å². The van der Waals surface area contributed by atoms with E-state index in [1.807, 2.05) is 42.5 Å². The molecule has 0 saturated carbocycles. The Morgan fingerprint density at radius 3 is 2.30 bits per heavy atom. The van der Waals surface area contributed by atoms with Crippen LogP contribution in [0.15, 0.2) is 71.5 Å². The second-order valence-electron chi connectivity index (χ2n) is 4.39. The first-order valence-corrected chi connectivity index (χ1v) is 6.26. The topological polar surface area (TPSA) is 60.9 Å². The van der Waals surface area contributed by atoms with Gasteiger partial charge in [0.15, 0.2) is 0 Å². The van der Waals surface area contributed by atoms with E-state index in [4.69, 9.17) is 5.73 Å². The number of hydrogen-bond donors (Lipinski definition) is 1. The third kappa shape index (κ3) is 2.19. The summed E-state index contributed by atoms with van der Waals surface area (Å²) in [6.45, 7) is 0.